The van der Waals surface area contributed by atoms with Gasteiger partial charge in [0.1, 0.15) is 0 Å². The first-order chi connectivity index (χ1) is 11.3. The van der Waals surface area contributed by atoms with Gasteiger partial charge in [-0.2, -0.15) is 0 Å². The van der Waals surface area contributed by atoms with Crippen molar-refractivity contribution < 1.29 is 9.53 Å². The van der Waals surface area contributed by atoms with Gasteiger partial charge in [-0.15, -0.1) is 0 Å². The van der Waals surface area contributed by atoms with Gasteiger partial charge in [0.25, 0.3) is 5.91 Å². The van der Waals surface area contributed by atoms with E-state index in [4.69, 9.17) is 4.74 Å². The SMILES string of the molecule is O=C(NCCCN1CCOCC1)c1cccc2c(Br)cccc12. The number of rotatable bonds is 5. The summed E-state index contributed by atoms with van der Waals surface area (Å²) in [5.74, 6) is -0.00400. The molecule has 23 heavy (non-hydrogen) atoms. The molecule has 4 nitrogen and oxygen atoms in total. The van der Waals surface area contributed by atoms with Crippen LogP contribution in [0.1, 0.15) is 16.8 Å². The van der Waals surface area contributed by atoms with Crippen molar-refractivity contribution in [2.45, 2.75) is 6.42 Å². The Kier molecular flexibility index (Phi) is 5.65. The smallest absolute Gasteiger partial charge is 0.251 e. The highest BCUT2D eigenvalue weighted by atomic mass is 79.9. The summed E-state index contributed by atoms with van der Waals surface area (Å²) in [6, 6.07) is 11.8. The first-order valence-corrected chi connectivity index (χ1v) is 8.80. The zero-order chi connectivity index (χ0) is 16.1. The molecule has 0 spiro atoms. The summed E-state index contributed by atoms with van der Waals surface area (Å²) in [5.41, 5.74) is 0.732. The molecule has 0 saturated carbocycles. The van der Waals surface area contributed by atoms with E-state index in [0.29, 0.717) is 6.54 Å². The fourth-order valence-electron chi connectivity index (χ4n) is 2.89. The van der Waals surface area contributed by atoms with Gasteiger partial charge in [-0.05, 0) is 35.9 Å². The third-order valence-corrected chi connectivity index (χ3v) is 4.85. The van der Waals surface area contributed by atoms with Crippen LogP contribution in [0.4, 0.5) is 0 Å². The van der Waals surface area contributed by atoms with E-state index in [1.807, 2.05) is 36.4 Å². The molecular weight excluding hydrogens is 356 g/mol. The summed E-state index contributed by atoms with van der Waals surface area (Å²) in [6.45, 7) is 5.32. The van der Waals surface area contributed by atoms with Crippen LogP contribution in [0.5, 0.6) is 0 Å². The third kappa shape index (κ3) is 4.10. The fourth-order valence-corrected chi connectivity index (χ4v) is 3.39. The van der Waals surface area contributed by atoms with Crippen LogP contribution in [0.2, 0.25) is 0 Å². The molecule has 0 unspecified atom stereocenters. The highest BCUT2D eigenvalue weighted by molar-refractivity contribution is 9.10. The van der Waals surface area contributed by atoms with Crippen molar-refractivity contribution in [3.05, 3.63) is 46.4 Å². The maximum Gasteiger partial charge on any atom is 0.251 e. The standard InChI is InChI=1S/C18H21BrN2O2/c19-17-7-2-4-14-15(17)5-1-6-16(14)18(22)20-8-3-9-21-10-12-23-13-11-21/h1-2,4-7H,3,8-13H2,(H,20,22). The summed E-state index contributed by atoms with van der Waals surface area (Å²) >= 11 is 3.54. The molecule has 2 aromatic carbocycles. The molecule has 1 aliphatic heterocycles. The molecule has 1 fully saturated rings. The highest BCUT2D eigenvalue weighted by Crippen LogP contribution is 2.26. The second kappa shape index (κ2) is 7.90. The van der Waals surface area contributed by atoms with Gasteiger partial charge in [0.2, 0.25) is 0 Å². The van der Waals surface area contributed by atoms with Gasteiger partial charge in [0.05, 0.1) is 13.2 Å². The molecule has 0 aliphatic carbocycles. The molecule has 5 heteroatoms. The number of amides is 1. The lowest BCUT2D eigenvalue weighted by Crippen LogP contribution is -2.38. The van der Waals surface area contributed by atoms with E-state index in [1.165, 1.54) is 0 Å². The minimum atomic E-state index is -0.00400. The molecule has 1 heterocycles. The van der Waals surface area contributed by atoms with Crippen LogP contribution in [0.3, 0.4) is 0 Å². The van der Waals surface area contributed by atoms with Crippen molar-refractivity contribution >= 4 is 32.6 Å². The Hall–Kier alpha value is -1.43. The summed E-state index contributed by atoms with van der Waals surface area (Å²) in [6.07, 6.45) is 0.959. The molecular formula is C18H21BrN2O2. The molecule has 1 saturated heterocycles. The zero-order valence-corrected chi connectivity index (χ0v) is 14.6. The number of hydrogen-bond donors (Lipinski definition) is 1. The van der Waals surface area contributed by atoms with E-state index >= 15 is 0 Å². The highest BCUT2D eigenvalue weighted by Gasteiger charge is 2.12. The van der Waals surface area contributed by atoms with Gasteiger partial charge in [-0.3, -0.25) is 9.69 Å². The van der Waals surface area contributed by atoms with Gasteiger partial charge in [-0.1, -0.05) is 40.2 Å². The largest absolute Gasteiger partial charge is 0.379 e. The van der Waals surface area contributed by atoms with E-state index in [0.717, 1.165) is 60.1 Å². The molecule has 122 valence electrons. The van der Waals surface area contributed by atoms with E-state index < -0.39 is 0 Å². The van der Waals surface area contributed by atoms with Crippen LogP contribution < -0.4 is 5.32 Å². The monoisotopic (exact) mass is 376 g/mol. The normalized spacial score (nSPS) is 15.7. The maximum absolute atomic E-state index is 12.5. The summed E-state index contributed by atoms with van der Waals surface area (Å²) in [4.78, 5) is 14.8. The van der Waals surface area contributed by atoms with Crippen LogP contribution in [0.25, 0.3) is 10.8 Å². The summed E-state index contributed by atoms with van der Waals surface area (Å²) in [5, 5.41) is 5.08. The average Bonchev–Trinajstić information content (AvgIpc) is 2.59. The zero-order valence-electron chi connectivity index (χ0n) is 13.1. The lowest BCUT2D eigenvalue weighted by Gasteiger charge is -2.26. The number of nitrogens with zero attached hydrogens (tertiary/aromatic N) is 1. The number of morpholine rings is 1. The number of carbonyl (C=O) groups excluding carboxylic acids is 1. The molecule has 0 radical (unpaired) electrons. The van der Waals surface area contributed by atoms with E-state index in [1.54, 1.807) is 0 Å². The topological polar surface area (TPSA) is 41.6 Å². The minimum absolute atomic E-state index is 0.00400. The lowest BCUT2D eigenvalue weighted by atomic mass is 10.0. The number of nitrogens with one attached hydrogen (secondary N) is 1. The van der Waals surface area contributed by atoms with E-state index in [2.05, 4.69) is 26.1 Å². The van der Waals surface area contributed by atoms with Crippen molar-refractivity contribution in [3.63, 3.8) is 0 Å². The predicted octanol–water partition coefficient (Wildman–Crippen LogP) is 3.05. The van der Waals surface area contributed by atoms with Crippen LogP contribution in [0, 0.1) is 0 Å². The van der Waals surface area contributed by atoms with Crippen LogP contribution in [0.15, 0.2) is 40.9 Å². The second-order valence-corrected chi connectivity index (χ2v) is 6.56. The molecule has 2 aromatic rings. The predicted molar refractivity (Wildman–Crippen MR) is 95.9 cm³/mol. The Morgan fingerprint density at radius 3 is 2.70 bits per heavy atom. The Labute approximate surface area is 144 Å². The van der Waals surface area contributed by atoms with Crippen molar-refractivity contribution in [2.24, 2.45) is 0 Å². The third-order valence-electron chi connectivity index (χ3n) is 4.15. The Morgan fingerprint density at radius 2 is 1.87 bits per heavy atom. The van der Waals surface area contributed by atoms with Gasteiger partial charge in [0, 0.05) is 29.7 Å². The lowest BCUT2D eigenvalue weighted by molar-refractivity contribution is 0.0374. The Bertz CT molecular complexity index is 684. The molecule has 3 rings (SSSR count). The molecule has 1 amide bonds. The van der Waals surface area contributed by atoms with Crippen LogP contribution >= 0.6 is 15.9 Å². The van der Waals surface area contributed by atoms with Crippen LogP contribution in [-0.2, 0) is 4.74 Å². The molecule has 0 bridgehead atoms. The number of halogens is 1. The molecule has 0 atom stereocenters. The van der Waals surface area contributed by atoms with Gasteiger partial charge in [-0.25, -0.2) is 0 Å². The van der Waals surface area contributed by atoms with Gasteiger partial charge >= 0.3 is 0 Å². The van der Waals surface area contributed by atoms with Crippen LogP contribution in [-0.4, -0.2) is 50.2 Å². The van der Waals surface area contributed by atoms with Crippen molar-refractivity contribution in [1.82, 2.24) is 10.2 Å². The Balaban J connectivity index is 1.57. The first kappa shape index (κ1) is 16.4. The Morgan fingerprint density at radius 1 is 1.13 bits per heavy atom. The number of hydrogen-bond acceptors (Lipinski definition) is 3. The van der Waals surface area contributed by atoms with Gasteiger partial charge < -0.3 is 10.1 Å². The van der Waals surface area contributed by atoms with E-state index in [-0.39, 0.29) is 5.91 Å². The quantitative estimate of drug-likeness (QED) is 0.815. The van der Waals surface area contributed by atoms with Crippen molar-refractivity contribution in [1.29, 1.82) is 0 Å². The second-order valence-electron chi connectivity index (χ2n) is 5.70. The molecule has 1 aliphatic rings. The summed E-state index contributed by atoms with van der Waals surface area (Å²) < 4.78 is 6.35. The first-order valence-electron chi connectivity index (χ1n) is 8.01. The minimum Gasteiger partial charge on any atom is -0.379 e. The van der Waals surface area contributed by atoms with E-state index in [9.17, 15) is 4.79 Å². The average molecular weight is 377 g/mol. The molecule has 1 N–H and O–H groups in total. The number of ether oxygens (including phenoxy) is 1. The molecule has 0 aromatic heterocycles. The van der Waals surface area contributed by atoms with Crippen molar-refractivity contribution in [3.8, 4) is 0 Å². The van der Waals surface area contributed by atoms with Crippen molar-refractivity contribution in [2.75, 3.05) is 39.4 Å². The maximum atomic E-state index is 12.5. The number of fused-ring (bicyclic) bond motifs is 1. The number of benzene rings is 2. The summed E-state index contributed by atoms with van der Waals surface area (Å²) in [7, 11) is 0. The van der Waals surface area contributed by atoms with Gasteiger partial charge in [0.15, 0.2) is 0 Å². The number of carbonyl (C=O) groups is 1. The fraction of sp³-hybridized carbons (Fsp3) is 0.389.